The lowest BCUT2D eigenvalue weighted by Gasteiger charge is -2.11. The maximum atomic E-state index is 12.8. The first kappa shape index (κ1) is 19.8. The summed E-state index contributed by atoms with van der Waals surface area (Å²) in [6.45, 7) is 5.35. The Kier molecular flexibility index (Phi) is 6.58. The van der Waals surface area contributed by atoms with Gasteiger partial charge in [-0.15, -0.1) is 0 Å². The SMILES string of the molecule is CCCCOc1ccc(-c2oc3cccc(OCCCC)c3c(=O)c2O)cc1. The molecule has 0 bridgehead atoms. The molecule has 5 heteroatoms. The van der Waals surface area contributed by atoms with Crippen molar-refractivity contribution in [3.63, 3.8) is 0 Å². The maximum absolute atomic E-state index is 12.8. The van der Waals surface area contributed by atoms with Crippen LogP contribution in [0.1, 0.15) is 39.5 Å². The van der Waals surface area contributed by atoms with Crippen LogP contribution in [0, 0.1) is 0 Å². The summed E-state index contributed by atoms with van der Waals surface area (Å²) in [4.78, 5) is 12.8. The Bertz CT molecular complexity index is 973. The molecule has 148 valence electrons. The molecule has 0 saturated carbocycles. The number of aromatic hydroxyl groups is 1. The fraction of sp³-hybridized carbons (Fsp3) is 0.348. The number of fused-ring (bicyclic) bond motifs is 1. The zero-order chi connectivity index (χ0) is 19.9. The first-order valence-corrected chi connectivity index (χ1v) is 9.80. The highest BCUT2D eigenvalue weighted by atomic mass is 16.5. The monoisotopic (exact) mass is 382 g/mol. The molecule has 0 aliphatic rings. The van der Waals surface area contributed by atoms with Gasteiger partial charge in [-0.3, -0.25) is 4.79 Å². The Morgan fingerprint density at radius 3 is 2.29 bits per heavy atom. The van der Waals surface area contributed by atoms with Crippen molar-refractivity contribution in [3.8, 4) is 28.6 Å². The van der Waals surface area contributed by atoms with Crippen LogP contribution in [-0.4, -0.2) is 18.3 Å². The lowest BCUT2D eigenvalue weighted by molar-refractivity contribution is 0.309. The van der Waals surface area contributed by atoms with E-state index < -0.39 is 11.2 Å². The molecule has 3 aromatic rings. The van der Waals surface area contributed by atoms with Crippen molar-refractivity contribution in [3.05, 3.63) is 52.7 Å². The Morgan fingerprint density at radius 1 is 0.929 bits per heavy atom. The van der Waals surface area contributed by atoms with Gasteiger partial charge in [-0.05, 0) is 49.2 Å². The molecule has 0 atom stereocenters. The third-order valence-corrected chi connectivity index (χ3v) is 4.50. The van der Waals surface area contributed by atoms with E-state index in [1.165, 1.54) is 0 Å². The van der Waals surface area contributed by atoms with Gasteiger partial charge in [0, 0.05) is 5.56 Å². The van der Waals surface area contributed by atoms with Gasteiger partial charge < -0.3 is 19.0 Å². The maximum Gasteiger partial charge on any atom is 0.238 e. The van der Waals surface area contributed by atoms with Gasteiger partial charge in [0.05, 0.1) is 13.2 Å². The van der Waals surface area contributed by atoms with Gasteiger partial charge in [-0.1, -0.05) is 32.8 Å². The molecule has 0 aliphatic heterocycles. The van der Waals surface area contributed by atoms with Crippen LogP contribution in [0.3, 0.4) is 0 Å². The Labute approximate surface area is 164 Å². The molecule has 0 fully saturated rings. The topological polar surface area (TPSA) is 68.9 Å². The normalized spacial score (nSPS) is 10.9. The van der Waals surface area contributed by atoms with Gasteiger partial charge in [-0.2, -0.15) is 0 Å². The van der Waals surface area contributed by atoms with E-state index in [4.69, 9.17) is 13.9 Å². The molecule has 5 nitrogen and oxygen atoms in total. The van der Waals surface area contributed by atoms with Crippen LogP contribution in [-0.2, 0) is 0 Å². The van der Waals surface area contributed by atoms with Gasteiger partial charge in [0.25, 0.3) is 0 Å². The molecular formula is C23H26O5. The van der Waals surface area contributed by atoms with E-state index in [1.807, 2.05) is 0 Å². The number of benzene rings is 2. The first-order valence-electron chi connectivity index (χ1n) is 9.80. The van der Waals surface area contributed by atoms with E-state index in [-0.39, 0.29) is 11.1 Å². The summed E-state index contributed by atoms with van der Waals surface area (Å²) in [6, 6.07) is 12.3. The molecular weight excluding hydrogens is 356 g/mol. The van der Waals surface area contributed by atoms with Crippen LogP contribution in [0.15, 0.2) is 51.7 Å². The molecule has 0 radical (unpaired) electrons. The number of hydrogen-bond acceptors (Lipinski definition) is 5. The Balaban J connectivity index is 1.94. The smallest absolute Gasteiger partial charge is 0.238 e. The van der Waals surface area contributed by atoms with Gasteiger partial charge in [0.1, 0.15) is 22.5 Å². The molecule has 3 rings (SSSR count). The lowest BCUT2D eigenvalue weighted by Crippen LogP contribution is -2.06. The van der Waals surface area contributed by atoms with Gasteiger partial charge >= 0.3 is 0 Å². The molecule has 1 heterocycles. The van der Waals surface area contributed by atoms with Gasteiger partial charge in [0.15, 0.2) is 5.76 Å². The van der Waals surface area contributed by atoms with Crippen LogP contribution in [0.4, 0.5) is 0 Å². The van der Waals surface area contributed by atoms with Crippen LogP contribution in [0.25, 0.3) is 22.3 Å². The van der Waals surface area contributed by atoms with Crippen molar-refractivity contribution in [2.75, 3.05) is 13.2 Å². The Hall–Kier alpha value is -2.95. The second-order valence-corrected chi connectivity index (χ2v) is 6.67. The Morgan fingerprint density at radius 2 is 1.61 bits per heavy atom. The number of rotatable bonds is 9. The second-order valence-electron chi connectivity index (χ2n) is 6.67. The van der Waals surface area contributed by atoms with E-state index in [2.05, 4.69) is 13.8 Å². The van der Waals surface area contributed by atoms with E-state index in [9.17, 15) is 9.90 Å². The second kappa shape index (κ2) is 9.31. The summed E-state index contributed by atoms with van der Waals surface area (Å²) in [6.07, 6.45) is 3.94. The number of ether oxygens (including phenoxy) is 2. The van der Waals surface area contributed by atoms with Crippen LogP contribution < -0.4 is 14.9 Å². The zero-order valence-electron chi connectivity index (χ0n) is 16.4. The predicted molar refractivity (Wildman–Crippen MR) is 110 cm³/mol. The molecule has 0 aliphatic carbocycles. The van der Waals surface area contributed by atoms with Crippen molar-refractivity contribution >= 4 is 11.0 Å². The van der Waals surface area contributed by atoms with Crippen LogP contribution in [0.5, 0.6) is 17.2 Å². The predicted octanol–water partition coefficient (Wildman–Crippen LogP) is 5.52. The third-order valence-electron chi connectivity index (χ3n) is 4.50. The summed E-state index contributed by atoms with van der Waals surface area (Å²) < 4.78 is 17.2. The minimum absolute atomic E-state index is 0.142. The summed E-state index contributed by atoms with van der Waals surface area (Å²) in [5.41, 5.74) is 0.498. The summed E-state index contributed by atoms with van der Waals surface area (Å²) in [5, 5.41) is 10.8. The fourth-order valence-electron chi connectivity index (χ4n) is 2.88. The van der Waals surface area contributed by atoms with E-state index >= 15 is 0 Å². The molecule has 2 aromatic carbocycles. The minimum Gasteiger partial charge on any atom is -0.502 e. The minimum atomic E-state index is -0.494. The average molecular weight is 382 g/mol. The van der Waals surface area contributed by atoms with Crippen molar-refractivity contribution < 1.29 is 19.0 Å². The third kappa shape index (κ3) is 4.30. The highest BCUT2D eigenvalue weighted by Gasteiger charge is 2.18. The lowest BCUT2D eigenvalue weighted by atomic mass is 10.1. The van der Waals surface area contributed by atoms with E-state index in [0.717, 1.165) is 31.4 Å². The number of hydrogen-bond donors (Lipinski definition) is 1. The largest absolute Gasteiger partial charge is 0.502 e. The summed E-state index contributed by atoms with van der Waals surface area (Å²) in [7, 11) is 0. The number of unbranched alkanes of at least 4 members (excludes halogenated alkanes) is 2. The molecule has 0 spiro atoms. The van der Waals surface area contributed by atoms with Crippen molar-refractivity contribution in [2.24, 2.45) is 0 Å². The summed E-state index contributed by atoms with van der Waals surface area (Å²) in [5.74, 6) is 0.898. The van der Waals surface area contributed by atoms with E-state index in [0.29, 0.717) is 30.1 Å². The molecule has 1 aromatic heterocycles. The molecule has 0 saturated heterocycles. The molecule has 1 N–H and O–H groups in total. The quantitative estimate of drug-likeness (QED) is 0.493. The van der Waals surface area contributed by atoms with Crippen LogP contribution >= 0.6 is 0 Å². The van der Waals surface area contributed by atoms with Crippen molar-refractivity contribution in [1.29, 1.82) is 0 Å². The van der Waals surface area contributed by atoms with Gasteiger partial charge in [-0.25, -0.2) is 0 Å². The van der Waals surface area contributed by atoms with Gasteiger partial charge in [0.2, 0.25) is 11.2 Å². The standard InChI is InChI=1S/C23H26O5/c1-3-5-14-26-17-12-10-16(11-13-17)23-22(25)21(24)20-18(27-15-6-4-2)8-7-9-19(20)28-23/h7-13,25H,3-6,14-15H2,1-2H3. The highest BCUT2D eigenvalue weighted by Crippen LogP contribution is 2.33. The molecule has 0 amide bonds. The zero-order valence-corrected chi connectivity index (χ0v) is 16.4. The van der Waals surface area contributed by atoms with Crippen molar-refractivity contribution in [2.45, 2.75) is 39.5 Å². The molecule has 0 unspecified atom stereocenters. The average Bonchev–Trinajstić information content (AvgIpc) is 2.71. The first-order chi connectivity index (χ1) is 13.7. The van der Waals surface area contributed by atoms with Crippen molar-refractivity contribution in [1.82, 2.24) is 0 Å². The molecule has 28 heavy (non-hydrogen) atoms. The fourth-order valence-corrected chi connectivity index (χ4v) is 2.88. The van der Waals surface area contributed by atoms with E-state index in [1.54, 1.807) is 42.5 Å². The summed E-state index contributed by atoms with van der Waals surface area (Å²) >= 11 is 0. The van der Waals surface area contributed by atoms with Crippen LogP contribution in [0.2, 0.25) is 0 Å². The highest BCUT2D eigenvalue weighted by molar-refractivity contribution is 5.87.